The van der Waals surface area contributed by atoms with Crippen molar-refractivity contribution < 1.29 is 19.0 Å². The molecular weight excluding hydrogens is 172 g/mol. The predicted octanol–water partition coefficient (Wildman–Crippen LogP) is 1.11. The number of esters is 1. The van der Waals surface area contributed by atoms with Crippen LogP contribution in [0.2, 0.25) is 0 Å². The lowest BCUT2D eigenvalue weighted by molar-refractivity contribution is -0.141. The first-order valence-corrected chi connectivity index (χ1v) is 4.11. The largest absolute Gasteiger partial charge is 0.466 e. The highest BCUT2D eigenvalue weighted by Gasteiger charge is 2.08. The highest BCUT2D eigenvalue weighted by Crippen LogP contribution is 1.99. The highest BCUT2D eigenvalue weighted by molar-refractivity contribution is 5.87. The third-order valence-corrected chi connectivity index (χ3v) is 1.37. The maximum absolute atomic E-state index is 10.8. The zero-order valence-corrected chi connectivity index (χ0v) is 8.33. The summed E-state index contributed by atoms with van der Waals surface area (Å²) < 4.78 is 14.7. The van der Waals surface area contributed by atoms with Crippen LogP contribution in [0.15, 0.2) is 12.2 Å². The average molecular weight is 188 g/mol. The molecule has 0 radical (unpaired) electrons. The predicted molar refractivity (Wildman–Crippen MR) is 48.2 cm³/mol. The van der Waals surface area contributed by atoms with Crippen molar-refractivity contribution in [2.45, 2.75) is 20.1 Å². The molecule has 0 rings (SSSR count). The fourth-order valence-electron chi connectivity index (χ4n) is 0.704. The second-order valence-corrected chi connectivity index (χ2v) is 2.43. The Balaban J connectivity index is 3.63. The molecule has 0 amide bonds. The van der Waals surface area contributed by atoms with Crippen LogP contribution in [0, 0.1) is 0 Å². The molecule has 0 N–H and O–H groups in total. The molecule has 0 aromatic carbocycles. The van der Waals surface area contributed by atoms with Crippen molar-refractivity contribution in [2.75, 3.05) is 20.3 Å². The van der Waals surface area contributed by atoms with Crippen LogP contribution in [0.4, 0.5) is 0 Å². The van der Waals surface area contributed by atoms with Gasteiger partial charge in [0.1, 0.15) is 0 Å². The molecule has 1 unspecified atom stereocenters. The van der Waals surface area contributed by atoms with Crippen LogP contribution in [0.1, 0.15) is 13.8 Å². The maximum atomic E-state index is 10.8. The van der Waals surface area contributed by atoms with Crippen molar-refractivity contribution >= 4 is 5.97 Å². The van der Waals surface area contributed by atoms with Crippen LogP contribution < -0.4 is 0 Å². The van der Waals surface area contributed by atoms with Gasteiger partial charge < -0.3 is 14.2 Å². The van der Waals surface area contributed by atoms with E-state index >= 15 is 0 Å². The summed E-state index contributed by atoms with van der Waals surface area (Å²) >= 11 is 0. The van der Waals surface area contributed by atoms with Crippen LogP contribution in [0.5, 0.6) is 0 Å². The van der Waals surface area contributed by atoms with Gasteiger partial charge >= 0.3 is 5.97 Å². The fourth-order valence-corrected chi connectivity index (χ4v) is 0.704. The quantitative estimate of drug-likeness (QED) is 0.356. The van der Waals surface area contributed by atoms with Gasteiger partial charge in [0, 0.05) is 6.61 Å². The molecule has 4 nitrogen and oxygen atoms in total. The van der Waals surface area contributed by atoms with Crippen LogP contribution in [0.25, 0.3) is 0 Å². The Hall–Kier alpha value is -0.870. The van der Waals surface area contributed by atoms with Crippen LogP contribution >= 0.6 is 0 Å². The third kappa shape index (κ3) is 5.38. The van der Waals surface area contributed by atoms with E-state index in [1.54, 1.807) is 6.92 Å². The van der Waals surface area contributed by atoms with Gasteiger partial charge in [0.25, 0.3) is 0 Å². The number of methoxy groups -OCH3 is 1. The molecule has 0 aliphatic heterocycles. The normalized spacial score (nSPS) is 12.2. The van der Waals surface area contributed by atoms with Gasteiger partial charge in [0.05, 0.1) is 19.3 Å². The number of hydrogen-bond donors (Lipinski definition) is 0. The summed E-state index contributed by atoms with van der Waals surface area (Å²) in [5.74, 6) is -0.455. The molecule has 0 spiro atoms. The minimum Gasteiger partial charge on any atom is -0.466 e. The monoisotopic (exact) mass is 188 g/mol. The molecule has 76 valence electrons. The lowest BCUT2D eigenvalue weighted by Crippen LogP contribution is -2.17. The molecule has 1 atom stereocenters. The van der Waals surface area contributed by atoms with Gasteiger partial charge in [-0.05, 0) is 13.8 Å². The second kappa shape index (κ2) is 6.62. The summed E-state index contributed by atoms with van der Waals surface area (Å²) in [6.45, 7) is 7.84. The number of carbonyl (C=O) groups excluding carboxylic acids is 1. The van der Waals surface area contributed by atoms with Crippen LogP contribution in [-0.4, -0.2) is 32.6 Å². The zero-order valence-electron chi connectivity index (χ0n) is 8.33. The van der Waals surface area contributed by atoms with Gasteiger partial charge in [-0.1, -0.05) is 6.58 Å². The van der Waals surface area contributed by atoms with Crippen molar-refractivity contribution in [2.24, 2.45) is 0 Å². The number of hydrogen-bond acceptors (Lipinski definition) is 4. The molecule has 0 aromatic heterocycles. The molecular formula is C9H16O4. The van der Waals surface area contributed by atoms with E-state index in [-0.39, 0.29) is 18.5 Å². The van der Waals surface area contributed by atoms with E-state index in [0.717, 1.165) is 0 Å². The summed E-state index contributed by atoms with van der Waals surface area (Å²) in [5.41, 5.74) is 0.286. The molecule has 0 aliphatic carbocycles. The topological polar surface area (TPSA) is 44.8 Å². The smallest absolute Gasteiger partial charge is 0.335 e. The van der Waals surface area contributed by atoms with Gasteiger partial charge in [-0.2, -0.15) is 0 Å². The van der Waals surface area contributed by atoms with Crippen molar-refractivity contribution in [3.05, 3.63) is 12.2 Å². The summed E-state index contributed by atoms with van der Waals surface area (Å²) in [5, 5.41) is 0. The molecule has 0 bridgehead atoms. The average Bonchev–Trinajstić information content (AvgIpc) is 2.13. The van der Waals surface area contributed by atoms with E-state index in [1.807, 2.05) is 6.92 Å². The third-order valence-electron chi connectivity index (χ3n) is 1.37. The minimum atomic E-state index is -0.455. The van der Waals surface area contributed by atoms with Crippen molar-refractivity contribution in [1.82, 2.24) is 0 Å². The van der Waals surface area contributed by atoms with E-state index < -0.39 is 5.97 Å². The maximum Gasteiger partial charge on any atom is 0.335 e. The van der Waals surface area contributed by atoms with Crippen LogP contribution in [-0.2, 0) is 19.0 Å². The Morgan fingerprint density at radius 1 is 1.46 bits per heavy atom. The Labute approximate surface area is 78.5 Å². The lowest BCUT2D eigenvalue weighted by Gasteiger charge is -2.12. The molecule has 0 fully saturated rings. The number of carbonyl (C=O) groups is 1. The molecule has 0 heterocycles. The number of ether oxygens (including phenoxy) is 3. The van der Waals surface area contributed by atoms with Gasteiger partial charge in [0.2, 0.25) is 0 Å². The first-order valence-electron chi connectivity index (χ1n) is 4.11. The summed E-state index contributed by atoms with van der Waals surface area (Å²) in [6, 6.07) is 0. The van der Waals surface area contributed by atoms with Crippen LogP contribution in [0.3, 0.4) is 0 Å². The van der Waals surface area contributed by atoms with E-state index in [4.69, 9.17) is 9.47 Å². The molecule has 13 heavy (non-hydrogen) atoms. The van der Waals surface area contributed by atoms with Crippen molar-refractivity contribution in [3.63, 3.8) is 0 Å². The summed E-state index contributed by atoms with van der Waals surface area (Å²) in [6.07, 6.45) is -0.327. The van der Waals surface area contributed by atoms with E-state index in [2.05, 4.69) is 11.3 Å². The summed E-state index contributed by atoms with van der Waals surface area (Å²) in [7, 11) is 1.31. The van der Waals surface area contributed by atoms with Crippen molar-refractivity contribution in [1.29, 1.82) is 0 Å². The number of rotatable bonds is 6. The van der Waals surface area contributed by atoms with Gasteiger partial charge in [-0.15, -0.1) is 0 Å². The fraction of sp³-hybridized carbons (Fsp3) is 0.667. The SMILES string of the molecule is C=C(COC(C)OCC)C(=O)OC. The van der Waals surface area contributed by atoms with Crippen molar-refractivity contribution in [3.8, 4) is 0 Å². The molecule has 0 aliphatic rings. The van der Waals surface area contributed by atoms with E-state index in [1.165, 1.54) is 7.11 Å². The van der Waals surface area contributed by atoms with E-state index in [9.17, 15) is 4.79 Å². The Morgan fingerprint density at radius 2 is 2.08 bits per heavy atom. The Morgan fingerprint density at radius 3 is 2.54 bits per heavy atom. The standard InChI is InChI=1S/C9H16O4/c1-5-12-8(3)13-6-7(2)9(10)11-4/h8H,2,5-6H2,1,3-4H3. The van der Waals surface area contributed by atoms with Gasteiger partial charge in [-0.25, -0.2) is 4.79 Å². The van der Waals surface area contributed by atoms with Gasteiger partial charge in [0.15, 0.2) is 6.29 Å². The zero-order chi connectivity index (χ0) is 10.3. The highest BCUT2D eigenvalue weighted by atomic mass is 16.7. The molecule has 0 saturated heterocycles. The minimum absolute atomic E-state index is 0.133. The Kier molecular flexibility index (Phi) is 6.18. The van der Waals surface area contributed by atoms with E-state index in [0.29, 0.717) is 6.61 Å². The first-order chi connectivity index (χ1) is 6.11. The first kappa shape index (κ1) is 12.1. The molecule has 0 aromatic rings. The van der Waals surface area contributed by atoms with Gasteiger partial charge in [-0.3, -0.25) is 0 Å². The summed E-state index contributed by atoms with van der Waals surface area (Å²) in [4.78, 5) is 10.8. The Bertz CT molecular complexity index is 176. The lowest BCUT2D eigenvalue weighted by atomic mass is 10.3. The second-order valence-electron chi connectivity index (χ2n) is 2.43. The molecule has 4 heteroatoms. The molecule has 0 saturated carbocycles.